The highest BCUT2D eigenvalue weighted by Gasteiger charge is 2.07. The fourth-order valence-corrected chi connectivity index (χ4v) is 1.87. The van der Waals surface area contributed by atoms with Crippen molar-refractivity contribution >= 4 is 5.78 Å². The molecule has 0 fully saturated rings. The van der Waals surface area contributed by atoms with Gasteiger partial charge in [0.15, 0.2) is 5.78 Å². The Hall–Kier alpha value is -1.35. The summed E-state index contributed by atoms with van der Waals surface area (Å²) in [6.45, 7) is 4.92. The molecule has 18 heavy (non-hydrogen) atoms. The number of Topliss-reactive ketones (excluding diaryl/α,β-unsaturated/α-hetero) is 1. The summed E-state index contributed by atoms with van der Waals surface area (Å²) in [5.74, 6) is 1.02. The molecule has 0 spiro atoms. The zero-order valence-corrected chi connectivity index (χ0v) is 11.8. The van der Waals surface area contributed by atoms with Gasteiger partial charge in [-0.05, 0) is 51.7 Å². The largest absolute Gasteiger partial charge is 0.489 e. The Morgan fingerprint density at radius 2 is 1.89 bits per heavy atom. The van der Waals surface area contributed by atoms with E-state index in [-0.39, 0.29) is 11.9 Å². The summed E-state index contributed by atoms with van der Waals surface area (Å²) in [5.41, 5.74) is 0.768. The fourth-order valence-electron chi connectivity index (χ4n) is 1.87. The third-order valence-corrected chi connectivity index (χ3v) is 2.61. The first-order valence-corrected chi connectivity index (χ1v) is 6.47. The fraction of sp³-hybridized carbons (Fsp3) is 0.533. The van der Waals surface area contributed by atoms with Crippen molar-refractivity contribution in [2.24, 2.45) is 0 Å². The van der Waals surface area contributed by atoms with E-state index in [4.69, 9.17) is 4.74 Å². The van der Waals surface area contributed by atoms with E-state index in [1.807, 2.05) is 52.2 Å². The number of rotatable bonds is 7. The van der Waals surface area contributed by atoms with Crippen LogP contribution in [0.25, 0.3) is 0 Å². The number of ether oxygens (including phenoxy) is 1. The van der Waals surface area contributed by atoms with E-state index in [0.29, 0.717) is 6.42 Å². The second-order valence-electron chi connectivity index (χ2n) is 4.89. The van der Waals surface area contributed by atoms with E-state index in [0.717, 1.165) is 24.3 Å². The van der Waals surface area contributed by atoms with Crippen LogP contribution >= 0.6 is 0 Å². The topological polar surface area (TPSA) is 29.5 Å². The van der Waals surface area contributed by atoms with Crippen molar-refractivity contribution in [1.29, 1.82) is 0 Å². The van der Waals surface area contributed by atoms with Crippen LogP contribution in [0.1, 0.15) is 37.0 Å². The molecule has 1 rings (SSSR count). The zero-order chi connectivity index (χ0) is 13.5. The average Bonchev–Trinajstić information content (AvgIpc) is 2.29. The molecule has 1 atom stereocenters. The molecule has 1 aromatic rings. The van der Waals surface area contributed by atoms with Gasteiger partial charge in [-0.1, -0.05) is 6.92 Å². The van der Waals surface area contributed by atoms with Gasteiger partial charge in [0, 0.05) is 18.5 Å². The average molecular weight is 249 g/mol. The van der Waals surface area contributed by atoms with Gasteiger partial charge in [-0.3, -0.25) is 4.79 Å². The molecule has 0 radical (unpaired) electrons. The summed E-state index contributed by atoms with van der Waals surface area (Å²) in [4.78, 5) is 13.8. The minimum atomic E-state index is 0.136. The van der Waals surface area contributed by atoms with Gasteiger partial charge in [0.1, 0.15) is 11.9 Å². The number of likely N-dealkylation sites (N-methyl/N-ethyl adjacent to an activating group) is 1. The minimum Gasteiger partial charge on any atom is -0.489 e. The summed E-state index contributed by atoms with van der Waals surface area (Å²) in [6.07, 6.45) is 1.63. The van der Waals surface area contributed by atoms with Crippen molar-refractivity contribution in [2.45, 2.75) is 32.8 Å². The van der Waals surface area contributed by atoms with Crippen LogP contribution in [0.2, 0.25) is 0 Å². The van der Waals surface area contributed by atoms with E-state index in [1.54, 1.807) is 0 Å². The maximum absolute atomic E-state index is 11.7. The summed E-state index contributed by atoms with van der Waals surface area (Å²) >= 11 is 0. The van der Waals surface area contributed by atoms with E-state index < -0.39 is 0 Å². The lowest BCUT2D eigenvalue weighted by Crippen LogP contribution is -2.27. The van der Waals surface area contributed by atoms with Crippen LogP contribution in [-0.2, 0) is 0 Å². The first-order valence-electron chi connectivity index (χ1n) is 6.47. The smallest absolute Gasteiger partial charge is 0.162 e. The predicted molar refractivity (Wildman–Crippen MR) is 74.3 cm³/mol. The second-order valence-corrected chi connectivity index (χ2v) is 4.89. The van der Waals surface area contributed by atoms with Crippen LogP contribution in [0, 0.1) is 0 Å². The van der Waals surface area contributed by atoms with Crippen molar-refractivity contribution in [2.75, 3.05) is 20.6 Å². The number of hydrogen-bond donors (Lipinski definition) is 0. The van der Waals surface area contributed by atoms with Crippen molar-refractivity contribution < 1.29 is 9.53 Å². The molecule has 3 nitrogen and oxygen atoms in total. The minimum absolute atomic E-state index is 0.136. The molecule has 1 aromatic carbocycles. The van der Waals surface area contributed by atoms with E-state index in [2.05, 4.69) is 4.90 Å². The molecular formula is C15H23NO2. The lowest BCUT2D eigenvalue weighted by Gasteiger charge is -2.18. The van der Waals surface area contributed by atoms with Gasteiger partial charge in [-0.2, -0.15) is 0 Å². The van der Waals surface area contributed by atoms with E-state index in [9.17, 15) is 4.79 Å². The maximum Gasteiger partial charge on any atom is 0.162 e. The van der Waals surface area contributed by atoms with Crippen LogP contribution in [0.3, 0.4) is 0 Å². The van der Waals surface area contributed by atoms with E-state index >= 15 is 0 Å². The highest BCUT2D eigenvalue weighted by molar-refractivity contribution is 5.96. The molecular weight excluding hydrogens is 226 g/mol. The predicted octanol–water partition coefficient (Wildman–Crippen LogP) is 3.00. The maximum atomic E-state index is 11.7. The normalized spacial score (nSPS) is 12.5. The Kier molecular flexibility index (Phi) is 5.86. The first kappa shape index (κ1) is 14.7. The van der Waals surface area contributed by atoms with Crippen molar-refractivity contribution in [3.8, 4) is 5.75 Å². The molecule has 100 valence electrons. The molecule has 0 aliphatic rings. The number of carbonyl (C=O) groups excluding carboxylic acids is 1. The van der Waals surface area contributed by atoms with Crippen LogP contribution in [0.5, 0.6) is 5.75 Å². The Morgan fingerprint density at radius 1 is 1.28 bits per heavy atom. The Labute approximate surface area is 110 Å². The van der Waals surface area contributed by atoms with Gasteiger partial charge in [0.25, 0.3) is 0 Å². The zero-order valence-electron chi connectivity index (χ0n) is 11.8. The van der Waals surface area contributed by atoms with Crippen molar-refractivity contribution in [3.05, 3.63) is 29.8 Å². The standard InChI is InChI=1S/C15H23NO2/c1-5-6-15(17)13-7-9-14(10-8-13)18-12(2)11-16(3)4/h7-10,12H,5-6,11H2,1-4H3/t12-/m1/s1. The number of benzene rings is 1. The SMILES string of the molecule is CCCC(=O)c1ccc(O[C@H](C)CN(C)C)cc1. The van der Waals surface area contributed by atoms with Crippen LogP contribution in [-0.4, -0.2) is 37.4 Å². The van der Waals surface area contributed by atoms with Gasteiger partial charge < -0.3 is 9.64 Å². The van der Waals surface area contributed by atoms with Crippen LogP contribution < -0.4 is 4.74 Å². The summed E-state index contributed by atoms with van der Waals surface area (Å²) in [7, 11) is 4.04. The molecule has 0 saturated carbocycles. The van der Waals surface area contributed by atoms with E-state index in [1.165, 1.54) is 0 Å². The highest BCUT2D eigenvalue weighted by atomic mass is 16.5. The molecule has 0 N–H and O–H groups in total. The number of carbonyl (C=O) groups is 1. The Bertz CT molecular complexity index is 371. The lowest BCUT2D eigenvalue weighted by atomic mass is 10.1. The van der Waals surface area contributed by atoms with Gasteiger partial charge in [-0.25, -0.2) is 0 Å². The summed E-state index contributed by atoms with van der Waals surface area (Å²) < 4.78 is 5.77. The highest BCUT2D eigenvalue weighted by Crippen LogP contribution is 2.15. The van der Waals surface area contributed by atoms with Gasteiger partial charge in [0.2, 0.25) is 0 Å². The van der Waals surface area contributed by atoms with Crippen molar-refractivity contribution in [3.63, 3.8) is 0 Å². The van der Waals surface area contributed by atoms with Crippen molar-refractivity contribution in [1.82, 2.24) is 4.90 Å². The number of ketones is 1. The third-order valence-electron chi connectivity index (χ3n) is 2.61. The monoisotopic (exact) mass is 249 g/mol. The van der Waals surface area contributed by atoms with Crippen LogP contribution in [0.4, 0.5) is 0 Å². The Morgan fingerprint density at radius 3 is 2.39 bits per heavy atom. The molecule has 0 aliphatic heterocycles. The first-order chi connectivity index (χ1) is 8.52. The number of nitrogens with zero attached hydrogens (tertiary/aromatic N) is 1. The number of hydrogen-bond acceptors (Lipinski definition) is 3. The van der Waals surface area contributed by atoms with Gasteiger partial charge >= 0.3 is 0 Å². The van der Waals surface area contributed by atoms with Gasteiger partial charge in [0.05, 0.1) is 0 Å². The molecule has 3 heteroatoms. The lowest BCUT2D eigenvalue weighted by molar-refractivity contribution is 0.0981. The molecule has 0 heterocycles. The molecule has 0 aliphatic carbocycles. The Balaban J connectivity index is 2.57. The van der Waals surface area contributed by atoms with Crippen LogP contribution in [0.15, 0.2) is 24.3 Å². The molecule has 0 unspecified atom stereocenters. The molecule has 0 aromatic heterocycles. The summed E-state index contributed by atoms with van der Waals surface area (Å²) in [6, 6.07) is 7.43. The van der Waals surface area contributed by atoms with Gasteiger partial charge in [-0.15, -0.1) is 0 Å². The summed E-state index contributed by atoms with van der Waals surface area (Å²) in [5, 5.41) is 0. The quantitative estimate of drug-likeness (QED) is 0.696. The molecule has 0 amide bonds. The molecule has 0 bridgehead atoms. The third kappa shape index (κ3) is 4.88. The molecule has 0 saturated heterocycles. The second kappa shape index (κ2) is 7.17.